The van der Waals surface area contributed by atoms with Gasteiger partial charge in [-0.15, -0.1) is 0 Å². The summed E-state index contributed by atoms with van der Waals surface area (Å²) >= 11 is 0. The van der Waals surface area contributed by atoms with Crippen LogP contribution in [-0.4, -0.2) is 28.3 Å². The van der Waals surface area contributed by atoms with Crippen LogP contribution in [0.25, 0.3) is 11.3 Å². The minimum Gasteiger partial charge on any atom is -0.355 e. The zero-order valence-corrected chi connectivity index (χ0v) is 9.06. The largest absolute Gasteiger partial charge is 0.355 e. The fourth-order valence-corrected chi connectivity index (χ4v) is 2.09. The first-order chi connectivity index (χ1) is 7.93. The zero-order valence-electron chi connectivity index (χ0n) is 9.06. The van der Waals surface area contributed by atoms with Gasteiger partial charge in [-0.1, -0.05) is 0 Å². The molecule has 0 aliphatic carbocycles. The molecule has 1 fully saturated rings. The Kier molecular flexibility index (Phi) is 2.33. The summed E-state index contributed by atoms with van der Waals surface area (Å²) in [5, 5.41) is 7.41. The number of H-pyrrole nitrogens is 1. The third kappa shape index (κ3) is 1.66. The molecule has 0 aromatic carbocycles. The van der Waals surface area contributed by atoms with Gasteiger partial charge in [0.25, 0.3) is 0 Å². The average Bonchev–Trinajstić information content (AvgIpc) is 3.01. The molecule has 0 unspecified atom stereocenters. The number of hydrogen-bond acceptors (Lipinski definition) is 3. The van der Waals surface area contributed by atoms with Crippen molar-refractivity contribution in [1.29, 1.82) is 0 Å². The van der Waals surface area contributed by atoms with E-state index in [0.29, 0.717) is 0 Å². The summed E-state index contributed by atoms with van der Waals surface area (Å²) in [4.78, 5) is 6.42. The maximum atomic E-state index is 4.35. The van der Waals surface area contributed by atoms with Crippen molar-refractivity contribution in [3.63, 3.8) is 0 Å². The van der Waals surface area contributed by atoms with Crippen molar-refractivity contribution < 1.29 is 0 Å². The first-order valence-corrected chi connectivity index (χ1v) is 5.64. The summed E-state index contributed by atoms with van der Waals surface area (Å²) in [5.74, 6) is 1.05. The summed E-state index contributed by atoms with van der Waals surface area (Å²) in [6.45, 7) is 2.24. The highest BCUT2D eigenvalue weighted by Gasteiger charge is 2.15. The van der Waals surface area contributed by atoms with Gasteiger partial charge in [0.15, 0.2) is 5.82 Å². The highest BCUT2D eigenvalue weighted by Crippen LogP contribution is 2.23. The van der Waals surface area contributed by atoms with E-state index in [4.69, 9.17) is 0 Å². The van der Waals surface area contributed by atoms with E-state index in [-0.39, 0.29) is 0 Å². The molecule has 4 heteroatoms. The molecule has 16 heavy (non-hydrogen) atoms. The Morgan fingerprint density at radius 1 is 1.25 bits per heavy atom. The number of pyridine rings is 1. The van der Waals surface area contributed by atoms with Crippen LogP contribution in [0.5, 0.6) is 0 Å². The molecule has 1 aliphatic heterocycles. The first-order valence-electron chi connectivity index (χ1n) is 5.64. The molecule has 0 amide bonds. The lowest BCUT2D eigenvalue weighted by Crippen LogP contribution is -2.17. The maximum Gasteiger partial charge on any atom is 0.150 e. The Balaban J connectivity index is 1.87. The van der Waals surface area contributed by atoms with Gasteiger partial charge in [0.2, 0.25) is 0 Å². The number of nitrogens with one attached hydrogen (secondary N) is 1. The molecule has 0 saturated carbocycles. The van der Waals surface area contributed by atoms with Crippen LogP contribution in [0, 0.1) is 0 Å². The number of aromatic nitrogens is 3. The van der Waals surface area contributed by atoms with Crippen LogP contribution in [-0.2, 0) is 0 Å². The zero-order chi connectivity index (χ0) is 10.8. The van der Waals surface area contributed by atoms with E-state index >= 15 is 0 Å². The van der Waals surface area contributed by atoms with E-state index in [1.165, 1.54) is 12.8 Å². The fraction of sp³-hybridized carbons (Fsp3) is 0.333. The van der Waals surface area contributed by atoms with Gasteiger partial charge in [0.05, 0.1) is 5.69 Å². The standard InChI is InChI=1S/C12H14N4/c1-2-7-16(6-1)12-8-11(14-15-12)10-4-3-5-13-9-10/h3-5,8-9H,1-2,6-7H2,(H,14,15). The van der Waals surface area contributed by atoms with Crippen LogP contribution >= 0.6 is 0 Å². The van der Waals surface area contributed by atoms with Crippen molar-refractivity contribution >= 4 is 5.82 Å². The Morgan fingerprint density at radius 2 is 2.12 bits per heavy atom. The van der Waals surface area contributed by atoms with Crippen molar-refractivity contribution in [2.45, 2.75) is 12.8 Å². The molecular formula is C12H14N4. The van der Waals surface area contributed by atoms with Crippen LogP contribution in [0.1, 0.15) is 12.8 Å². The van der Waals surface area contributed by atoms with Crippen molar-refractivity contribution in [1.82, 2.24) is 15.2 Å². The molecule has 1 saturated heterocycles. The summed E-state index contributed by atoms with van der Waals surface area (Å²) in [6.07, 6.45) is 6.17. The number of rotatable bonds is 2. The molecule has 0 bridgehead atoms. The molecular weight excluding hydrogens is 200 g/mol. The first kappa shape index (κ1) is 9.39. The van der Waals surface area contributed by atoms with E-state index in [1.807, 2.05) is 18.3 Å². The highest BCUT2D eigenvalue weighted by molar-refractivity contribution is 5.62. The number of nitrogens with zero attached hydrogens (tertiary/aromatic N) is 3. The molecule has 0 atom stereocenters. The van der Waals surface area contributed by atoms with Crippen LogP contribution in [0.4, 0.5) is 5.82 Å². The summed E-state index contributed by atoms with van der Waals surface area (Å²) < 4.78 is 0. The Morgan fingerprint density at radius 3 is 2.88 bits per heavy atom. The predicted octanol–water partition coefficient (Wildman–Crippen LogP) is 2.07. The normalized spacial score (nSPS) is 15.6. The fourth-order valence-electron chi connectivity index (χ4n) is 2.09. The molecule has 0 radical (unpaired) electrons. The molecule has 1 N–H and O–H groups in total. The second kappa shape index (κ2) is 3.96. The smallest absolute Gasteiger partial charge is 0.150 e. The topological polar surface area (TPSA) is 44.8 Å². The molecule has 1 aliphatic rings. The van der Waals surface area contributed by atoms with Gasteiger partial charge in [0, 0.05) is 37.1 Å². The van der Waals surface area contributed by atoms with Gasteiger partial charge >= 0.3 is 0 Å². The monoisotopic (exact) mass is 214 g/mol. The number of anilines is 1. The molecule has 3 rings (SSSR count). The summed E-state index contributed by atoms with van der Waals surface area (Å²) in [6, 6.07) is 6.07. The van der Waals surface area contributed by atoms with Crippen molar-refractivity contribution in [3.05, 3.63) is 30.6 Å². The van der Waals surface area contributed by atoms with E-state index in [9.17, 15) is 0 Å². The minimum absolute atomic E-state index is 1.04. The van der Waals surface area contributed by atoms with Gasteiger partial charge in [-0.25, -0.2) is 0 Å². The molecule has 2 aromatic heterocycles. The Bertz CT molecular complexity index is 457. The van der Waals surface area contributed by atoms with Crippen LogP contribution in [0.3, 0.4) is 0 Å². The lowest BCUT2D eigenvalue weighted by Gasteiger charge is -2.12. The van der Waals surface area contributed by atoms with Crippen LogP contribution < -0.4 is 4.90 Å². The second-order valence-corrected chi connectivity index (χ2v) is 4.08. The molecule has 2 aromatic rings. The summed E-state index contributed by atoms with van der Waals surface area (Å²) in [5.41, 5.74) is 2.12. The van der Waals surface area contributed by atoms with E-state index < -0.39 is 0 Å². The average molecular weight is 214 g/mol. The van der Waals surface area contributed by atoms with Gasteiger partial charge < -0.3 is 4.90 Å². The Hall–Kier alpha value is -1.84. The number of hydrogen-bond donors (Lipinski definition) is 1. The highest BCUT2D eigenvalue weighted by atomic mass is 15.3. The second-order valence-electron chi connectivity index (χ2n) is 4.08. The lowest BCUT2D eigenvalue weighted by molar-refractivity contribution is 0.921. The molecule has 3 heterocycles. The quantitative estimate of drug-likeness (QED) is 0.832. The SMILES string of the molecule is c1cncc(-c2cc(N3CCCC3)n[nH]2)c1. The number of aromatic amines is 1. The molecule has 0 spiro atoms. The van der Waals surface area contributed by atoms with Gasteiger partial charge in [-0.2, -0.15) is 5.10 Å². The Labute approximate surface area is 94.3 Å². The molecule has 4 nitrogen and oxygen atoms in total. The predicted molar refractivity (Wildman–Crippen MR) is 63.3 cm³/mol. The van der Waals surface area contributed by atoms with Gasteiger partial charge in [-0.3, -0.25) is 10.1 Å². The minimum atomic E-state index is 1.04. The van der Waals surface area contributed by atoms with Crippen molar-refractivity contribution in [3.8, 4) is 11.3 Å². The maximum absolute atomic E-state index is 4.35. The third-order valence-electron chi connectivity index (χ3n) is 2.97. The van der Waals surface area contributed by atoms with Crippen molar-refractivity contribution in [2.75, 3.05) is 18.0 Å². The van der Waals surface area contributed by atoms with Crippen LogP contribution in [0.15, 0.2) is 30.6 Å². The summed E-state index contributed by atoms with van der Waals surface area (Å²) in [7, 11) is 0. The third-order valence-corrected chi connectivity index (χ3v) is 2.97. The van der Waals surface area contributed by atoms with Gasteiger partial charge in [-0.05, 0) is 25.0 Å². The van der Waals surface area contributed by atoms with E-state index in [0.717, 1.165) is 30.2 Å². The van der Waals surface area contributed by atoms with Gasteiger partial charge in [0.1, 0.15) is 0 Å². The molecule has 82 valence electrons. The van der Waals surface area contributed by atoms with E-state index in [2.05, 4.69) is 26.1 Å². The van der Waals surface area contributed by atoms with E-state index in [1.54, 1.807) is 6.20 Å². The lowest BCUT2D eigenvalue weighted by atomic mass is 10.2. The van der Waals surface area contributed by atoms with Crippen molar-refractivity contribution in [2.24, 2.45) is 0 Å². The van der Waals surface area contributed by atoms with Crippen LogP contribution in [0.2, 0.25) is 0 Å².